The maximum atomic E-state index is 13.4. The van der Waals surface area contributed by atoms with E-state index in [0.717, 1.165) is 40.9 Å². The van der Waals surface area contributed by atoms with Gasteiger partial charge in [-0.2, -0.15) is 0 Å². The molecule has 0 fully saturated rings. The summed E-state index contributed by atoms with van der Waals surface area (Å²) in [6, 6.07) is 16.4. The number of benzene rings is 2. The number of halogens is 1. The van der Waals surface area contributed by atoms with Gasteiger partial charge in [-0.25, -0.2) is 4.39 Å². The molecule has 2 aromatic carbocycles. The number of hydrogen-bond donors (Lipinski definition) is 1. The van der Waals surface area contributed by atoms with Gasteiger partial charge in [-0.15, -0.1) is 0 Å². The second kappa shape index (κ2) is 7.56. The van der Waals surface area contributed by atoms with Gasteiger partial charge in [0.05, 0.1) is 5.56 Å². The van der Waals surface area contributed by atoms with Crippen LogP contribution in [0.2, 0.25) is 0 Å². The summed E-state index contributed by atoms with van der Waals surface area (Å²) in [6.07, 6.45) is 1.75. The van der Waals surface area contributed by atoms with Crippen LogP contribution in [-0.4, -0.2) is 10.5 Å². The maximum Gasteiger partial charge on any atom is 0.251 e. The number of primary amides is 1. The van der Waals surface area contributed by atoms with E-state index in [1.54, 1.807) is 12.1 Å². The van der Waals surface area contributed by atoms with Gasteiger partial charge in [0.15, 0.2) is 0 Å². The van der Waals surface area contributed by atoms with Gasteiger partial charge >= 0.3 is 0 Å². The molecule has 0 radical (unpaired) electrons. The first-order valence-electron chi connectivity index (χ1n) is 8.84. The molecule has 2 N–H and O–H groups in total. The molecule has 1 aromatic heterocycles. The molecular weight excluding hydrogens is 327 g/mol. The van der Waals surface area contributed by atoms with Gasteiger partial charge in [-0.1, -0.05) is 55.8 Å². The summed E-state index contributed by atoms with van der Waals surface area (Å²) in [5, 5.41) is 0. The van der Waals surface area contributed by atoms with Crippen LogP contribution in [0.5, 0.6) is 0 Å². The number of amides is 1. The number of aromatic nitrogens is 1. The van der Waals surface area contributed by atoms with Crippen molar-refractivity contribution in [2.75, 3.05) is 0 Å². The van der Waals surface area contributed by atoms with Crippen LogP contribution < -0.4 is 5.73 Å². The Hall–Kier alpha value is -2.88. The molecule has 0 saturated heterocycles. The van der Waals surface area contributed by atoms with Crippen LogP contribution in [0.4, 0.5) is 4.39 Å². The minimum atomic E-state index is -0.453. The Morgan fingerprint density at radius 1 is 1.08 bits per heavy atom. The summed E-state index contributed by atoms with van der Waals surface area (Å²) in [6.45, 7) is 4.70. The van der Waals surface area contributed by atoms with Crippen LogP contribution in [0.25, 0.3) is 11.1 Å². The highest BCUT2D eigenvalue weighted by Gasteiger charge is 2.24. The van der Waals surface area contributed by atoms with Crippen molar-refractivity contribution in [1.29, 1.82) is 0 Å². The van der Waals surface area contributed by atoms with Crippen LogP contribution in [-0.2, 0) is 13.0 Å². The van der Waals surface area contributed by atoms with Gasteiger partial charge in [0.1, 0.15) is 5.82 Å². The molecule has 1 amide bonds. The average Bonchev–Trinajstić information content (AvgIpc) is 2.90. The van der Waals surface area contributed by atoms with Crippen molar-refractivity contribution in [3.8, 4) is 11.1 Å². The Morgan fingerprint density at radius 3 is 2.31 bits per heavy atom. The van der Waals surface area contributed by atoms with Crippen LogP contribution in [0, 0.1) is 12.7 Å². The summed E-state index contributed by atoms with van der Waals surface area (Å²) >= 11 is 0. The van der Waals surface area contributed by atoms with Gasteiger partial charge in [0, 0.05) is 23.5 Å². The third kappa shape index (κ3) is 3.40. The molecule has 0 aliphatic rings. The highest BCUT2D eigenvalue weighted by atomic mass is 19.1. The van der Waals surface area contributed by atoms with Crippen LogP contribution in [0.1, 0.15) is 40.7 Å². The minimum Gasteiger partial charge on any atom is -0.366 e. The minimum absolute atomic E-state index is 0.299. The average molecular weight is 350 g/mol. The zero-order valence-electron chi connectivity index (χ0n) is 15.1. The molecule has 0 unspecified atom stereocenters. The quantitative estimate of drug-likeness (QED) is 0.688. The summed E-state index contributed by atoms with van der Waals surface area (Å²) < 4.78 is 15.5. The Bertz CT molecular complexity index is 912. The summed E-state index contributed by atoms with van der Waals surface area (Å²) in [7, 11) is 0. The first-order valence-corrected chi connectivity index (χ1v) is 8.84. The lowest BCUT2D eigenvalue weighted by Crippen LogP contribution is -2.13. The molecule has 26 heavy (non-hydrogen) atoms. The van der Waals surface area contributed by atoms with E-state index in [-0.39, 0.29) is 5.82 Å². The Labute approximate surface area is 153 Å². The number of nitrogens with two attached hydrogens (primary N) is 1. The van der Waals surface area contributed by atoms with Crippen molar-refractivity contribution in [3.05, 3.63) is 82.9 Å². The second-order valence-corrected chi connectivity index (χ2v) is 6.47. The first-order chi connectivity index (χ1) is 12.5. The van der Waals surface area contributed by atoms with Crippen LogP contribution in [0.15, 0.2) is 54.6 Å². The molecular formula is C22H23FN2O. The molecule has 3 nitrogen and oxygen atoms in total. The van der Waals surface area contributed by atoms with Crippen LogP contribution in [0.3, 0.4) is 0 Å². The SMILES string of the molecule is CCCc1c(-c2ccc(F)cc2)c(C(N)=O)c(C)n1Cc1ccccc1. The van der Waals surface area contributed by atoms with E-state index >= 15 is 0 Å². The highest BCUT2D eigenvalue weighted by Crippen LogP contribution is 2.34. The van der Waals surface area contributed by atoms with Crippen molar-refractivity contribution in [1.82, 2.24) is 4.57 Å². The molecule has 3 rings (SSSR count). The molecule has 1 heterocycles. The predicted molar refractivity (Wildman–Crippen MR) is 103 cm³/mol. The Balaban J connectivity index is 2.22. The number of nitrogens with zero attached hydrogens (tertiary/aromatic N) is 1. The molecule has 0 saturated carbocycles. The monoisotopic (exact) mass is 350 g/mol. The Kier molecular flexibility index (Phi) is 5.21. The normalized spacial score (nSPS) is 10.9. The smallest absolute Gasteiger partial charge is 0.251 e. The third-order valence-corrected chi connectivity index (χ3v) is 4.68. The standard InChI is InChI=1S/C22H23FN2O/c1-3-7-19-21(17-10-12-18(23)13-11-17)20(22(24)26)15(2)25(19)14-16-8-5-4-6-9-16/h4-6,8-13H,3,7,14H2,1-2H3,(H2,24,26). The topological polar surface area (TPSA) is 48.0 Å². The summed E-state index contributed by atoms with van der Waals surface area (Å²) in [5.74, 6) is -0.752. The van der Waals surface area contributed by atoms with E-state index in [1.165, 1.54) is 12.1 Å². The molecule has 4 heteroatoms. The predicted octanol–water partition coefficient (Wildman–Crippen LogP) is 4.70. The molecule has 134 valence electrons. The lowest BCUT2D eigenvalue weighted by Gasteiger charge is -2.13. The maximum absolute atomic E-state index is 13.4. The lowest BCUT2D eigenvalue weighted by molar-refractivity contribution is 0.1000. The van der Waals surface area contributed by atoms with Crippen molar-refractivity contribution in [2.24, 2.45) is 5.73 Å². The van der Waals surface area contributed by atoms with Gasteiger partial charge in [-0.05, 0) is 36.6 Å². The zero-order chi connectivity index (χ0) is 18.7. The highest BCUT2D eigenvalue weighted by molar-refractivity contribution is 6.02. The zero-order valence-corrected chi connectivity index (χ0v) is 15.1. The van der Waals surface area contributed by atoms with Gasteiger partial charge in [-0.3, -0.25) is 4.79 Å². The molecule has 0 spiro atoms. The molecule has 0 bridgehead atoms. The summed E-state index contributed by atoms with van der Waals surface area (Å²) in [4.78, 5) is 12.2. The van der Waals surface area contributed by atoms with E-state index in [2.05, 4.69) is 23.6 Å². The first kappa shape index (κ1) is 17.9. The number of carbonyl (C=O) groups excluding carboxylic acids is 1. The number of rotatable bonds is 6. The molecule has 0 atom stereocenters. The second-order valence-electron chi connectivity index (χ2n) is 6.47. The van der Waals surface area contributed by atoms with E-state index in [4.69, 9.17) is 5.73 Å². The van der Waals surface area contributed by atoms with Crippen molar-refractivity contribution in [3.63, 3.8) is 0 Å². The molecule has 0 aliphatic heterocycles. The van der Waals surface area contributed by atoms with Gasteiger partial charge in [0.25, 0.3) is 5.91 Å². The fourth-order valence-corrected chi connectivity index (χ4v) is 3.50. The molecule has 3 aromatic rings. The van der Waals surface area contributed by atoms with E-state index in [1.807, 2.05) is 25.1 Å². The summed E-state index contributed by atoms with van der Waals surface area (Å²) in [5.41, 5.74) is 11.0. The van der Waals surface area contributed by atoms with E-state index < -0.39 is 5.91 Å². The van der Waals surface area contributed by atoms with Gasteiger partial charge < -0.3 is 10.3 Å². The largest absolute Gasteiger partial charge is 0.366 e. The van der Waals surface area contributed by atoms with Crippen molar-refractivity contribution < 1.29 is 9.18 Å². The van der Waals surface area contributed by atoms with Crippen LogP contribution >= 0.6 is 0 Å². The van der Waals surface area contributed by atoms with E-state index in [9.17, 15) is 9.18 Å². The van der Waals surface area contributed by atoms with Crippen molar-refractivity contribution >= 4 is 5.91 Å². The lowest BCUT2D eigenvalue weighted by atomic mass is 9.98. The van der Waals surface area contributed by atoms with E-state index in [0.29, 0.717) is 12.1 Å². The number of carbonyl (C=O) groups is 1. The fourth-order valence-electron chi connectivity index (χ4n) is 3.50. The number of hydrogen-bond acceptors (Lipinski definition) is 1. The Morgan fingerprint density at radius 2 is 1.73 bits per heavy atom. The molecule has 0 aliphatic carbocycles. The van der Waals surface area contributed by atoms with Crippen molar-refractivity contribution in [2.45, 2.75) is 33.2 Å². The third-order valence-electron chi connectivity index (χ3n) is 4.68. The van der Waals surface area contributed by atoms with Gasteiger partial charge in [0.2, 0.25) is 0 Å². The fraction of sp³-hybridized carbons (Fsp3) is 0.227.